The third-order valence-corrected chi connectivity index (χ3v) is 5.66. The van der Waals surface area contributed by atoms with Crippen LogP contribution < -0.4 is 20.9 Å². The van der Waals surface area contributed by atoms with Crippen molar-refractivity contribution in [2.24, 2.45) is 10.9 Å². The number of nitrogens with one attached hydrogen (secondary N) is 3. The molecule has 1 heterocycles. The highest BCUT2D eigenvalue weighted by Crippen LogP contribution is 2.28. The minimum atomic E-state index is 0. The van der Waals surface area contributed by atoms with Crippen LogP contribution in [0.4, 0.5) is 5.69 Å². The number of carbonyl (C=O) groups excluding carboxylic acids is 1. The molecule has 1 saturated heterocycles. The van der Waals surface area contributed by atoms with Crippen molar-refractivity contribution in [2.45, 2.75) is 52.0 Å². The molecule has 29 heavy (non-hydrogen) atoms. The van der Waals surface area contributed by atoms with Gasteiger partial charge >= 0.3 is 0 Å². The van der Waals surface area contributed by atoms with E-state index in [1.54, 1.807) is 0 Å². The highest BCUT2D eigenvalue weighted by molar-refractivity contribution is 14.0. The number of halogens is 1. The molecule has 3 rings (SSSR count). The van der Waals surface area contributed by atoms with Crippen LogP contribution >= 0.6 is 24.0 Å². The van der Waals surface area contributed by atoms with Gasteiger partial charge in [-0.2, -0.15) is 0 Å². The third-order valence-electron chi connectivity index (χ3n) is 5.66. The second kappa shape index (κ2) is 12.9. The summed E-state index contributed by atoms with van der Waals surface area (Å²) in [7, 11) is 0. The molecule has 0 spiro atoms. The fraction of sp³-hybridized carbons (Fsp3) is 0.636. The quantitative estimate of drug-likeness (QED) is 0.216. The minimum Gasteiger partial charge on any atom is -0.360 e. The molecule has 7 heteroatoms. The number of rotatable bonds is 8. The number of amides is 1. The SMILES string of the molecule is CCNC(=NCc1ccc(N2CCNC(=O)C2)cc1)NCCCC1CCCC1.I. The van der Waals surface area contributed by atoms with E-state index in [-0.39, 0.29) is 29.9 Å². The fourth-order valence-electron chi connectivity index (χ4n) is 4.08. The Morgan fingerprint density at radius 2 is 1.97 bits per heavy atom. The molecule has 2 fully saturated rings. The molecule has 6 nitrogen and oxygen atoms in total. The highest BCUT2D eigenvalue weighted by Gasteiger charge is 2.16. The number of carbonyl (C=O) groups is 1. The van der Waals surface area contributed by atoms with Gasteiger partial charge in [-0.15, -0.1) is 24.0 Å². The average molecular weight is 513 g/mol. The summed E-state index contributed by atoms with van der Waals surface area (Å²) in [6.07, 6.45) is 8.24. The third kappa shape index (κ3) is 8.03. The van der Waals surface area contributed by atoms with Crippen molar-refractivity contribution in [2.75, 3.05) is 37.6 Å². The van der Waals surface area contributed by atoms with Crippen molar-refractivity contribution >= 4 is 41.5 Å². The van der Waals surface area contributed by atoms with Gasteiger partial charge in [-0.1, -0.05) is 37.8 Å². The monoisotopic (exact) mass is 513 g/mol. The van der Waals surface area contributed by atoms with E-state index < -0.39 is 0 Å². The van der Waals surface area contributed by atoms with Gasteiger partial charge in [0.2, 0.25) is 5.91 Å². The number of hydrogen-bond acceptors (Lipinski definition) is 3. The highest BCUT2D eigenvalue weighted by atomic mass is 127. The summed E-state index contributed by atoms with van der Waals surface area (Å²) in [4.78, 5) is 18.4. The summed E-state index contributed by atoms with van der Waals surface area (Å²) >= 11 is 0. The number of piperazine rings is 1. The molecule has 1 aliphatic carbocycles. The predicted molar refractivity (Wildman–Crippen MR) is 131 cm³/mol. The molecule has 1 aliphatic heterocycles. The molecule has 162 valence electrons. The molecule has 0 aromatic heterocycles. The summed E-state index contributed by atoms with van der Waals surface area (Å²) in [5, 5.41) is 9.67. The number of hydrogen-bond donors (Lipinski definition) is 3. The van der Waals surface area contributed by atoms with E-state index in [1.807, 2.05) is 0 Å². The van der Waals surface area contributed by atoms with Gasteiger partial charge in [0.1, 0.15) is 0 Å². The predicted octanol–water partition coefficient (Wildman–Crippen LogP) is 3.27. The van der Waals surface area contributed by atoms with Gasteiger partial charge < -0.3 is 20.9 Å². The van der Waals surface area contributed by atoms with E-state index in [0.29, 0.717) is 19.6 Å². The van der Waals surface area contributed by atoms with Crippen molar-refractivity contribution in [1.82, 2.24) is 16.0 Å². The number of benzene rings is 1. The molecule has 0 bridgehead atoms. The Bertz CT molecular complexity index is 643. The van der Waals surface area contributed by atoms with E-state index in [2.05, 4.69) is 52.0 Å². The maximum absolute atomic E-state index is 11.6. The van der Waals surface area contributed by atoms with E-state index in [1.165, 1.54) is 44.1 Å². The molecule has 2 aliphatic rings. The van der Waals surface area contributed by atoms with Crippen LogP contribution in [0, 0.1) is 5.92 Å². The summed E-state index contributed by atoms with van der Waals surface area (Å²) in [6, 6.07) is 8.39. The maximum atomic E-state index is 11.6. The van der Waals surface area contributed by atoms with E-state index in [9.17, 15) is 4.79 Å². The standard InChI is InChI=1S/C22H35N5O.HI/c1-2-23-22(25-13-5-8-18-6-3-4-7-18)26-16-19-9-11-20(12-10-19)27-15-14-24-21(28)17-27;/h9-12,18H,2-8,13-17H2,1H3,(H,24,28)(H2,23,25,26);1H. The van der Waals surface area contributed by atoms with Gasteiger partial charge in [0.05, 0.1) is 13.1 Å². The second-order valence-electron chi connectivity index (χ2n) is 7.85. The molecular formula is C22H36IN5O. The number of guanidine groups is 1. The lowest BCUT2D eigenvalue weighted by atomic mass is 10.0. The lowest BCUT2D eigenvalue weighted by molar-refractivity contribution is -0.120. The molecule has 3 N–H and O–H groups in total. The lowest BCUT2D eigenvalue weighted by Gasteiger charge is -2.28. The smallest absolute Gasteiger partial charge is 0.239 e. The van der Waals surface area contributed by atoms with Gasteiger partial charge in [-0.25, -0.2) is 4.99 Å². The van der Waals surface area contributed by atoms with Crippen LogP contribution in [-0.4, -0.2) is 44.6 Å². The van der Waals surface area contributed by atoms with Crippen molar-refractivity contribution in [3.8, 4) is 0 Å². The Morgan fingerprint density at radius 1 is 1.21 bits per heavy atom. The number of aliphatic imine (C=N–C) groups is 1. The van der Waals surface area contributed by atoms with Crippen molar-refractivity contribution in [3.05, 3.63) is 29.8 Å². The minimum absolute atomic E-state index is 0. The van der Waals surface area contributed by atoms with Gasteiger partial charge in [-0.3, -0.25) is 4.79 Å². The second-order valence-corrected chi connectivity index (χ2v) is 7.85. The molecular weight excluding hydrogens is 477 g/mol. The first kappa shape index (κ1) is 23.8. The van der Waals surface area contributed by atoms with Crippen LogP contribution in [0.1, 0.15) is 51.0 Å². The number of anilines is 1. The maximum Gasteiger partial charge on any atom is 0.239 e. The first-order valence-electron chi connectivity index (χ1n) is 10.9. The number of nitrogens with zero attached hydrogens (tertiary/aromatic N) is 2. The van der Waals surface area contributed by atoms with Crippen LogP contribution in [0.2, 0.25) is 0 Å². The molecule has 0 unspecified atom stereocenters. The van der Waals surface area contributed by atoms with Crippen LogP contribution in [-0.2, 0) is 11.3 Å². The van der Waals surface area contributed by atoms with Gasteiger partial charge in [0, 0.05) is 31.9 Å². The van der Waals surface area contributed by atoms with Crippen molar-refractivity contribution in [3.63, 3.8) is 0 Å². The topological polar surface area (TPSA) is 68.8 Å². The molecule has 0 atom stereocenters. The summed E-state index contributed by atoms with van der Waals surface area (Å²) in [6.45, 7) is 6.61. The summed E-state index contributed by atoms with van der Waals surface area (Å²) < 4.78 is 0. The van der Waals surface area contributed by atoms with Crippen molar-refractivity contribution in [1.29, 1.82) is 0 Å². The molecule has 1 saturated carbocycles. The first-order chi connectivity index (χ1) is 13.7. The van der Waals surface area contributed by atoms with Crippen LogP contribution in [0.3, 0.4) is 0 Å². The Kier molecular flexibility index (Phi) is 10.6. The fourth-order valence-corrected chi connectivity index (χ4v) is 4.08. The van der Waals surface area contributed by atoms with Crippen LogP contribution in [0.5, 0.6) is 0 Å². The molecule has 1 amide bonds. The van der Waals surface area contributed by atoms with Crippen LogP contribution in [0.25, 0.3) is 0 Å². The van der Waals surface area contributed by atoms with Gasteiger partial charge in [-0.05, 0) is 43.4 Å². The Balaban J connectivity index is 0.00000300. The average Bonchev–Trinajstić information content (AvgIpc) is 3.23. The van der Waals surface area contributed by atoms with Crippen LogP contribution in [0.15, 0.2) is 29.3 Å². The van der Waals surface area contributed by atoms with Gasteiger partial charge in [0.15, 0.2) is 5.96 Å². The zero-order valence-corrected chi connectivity index (χ0v) is 19.9. The molecule has 1 aromatic rings. The molecule has 0 radical (unpaired) electrons. The van der Waals surface area contributed by atoms with Crippen molar-refractivity contribution < 1.29 is 4.79 Å². The Hall–Kier alpha value is -1.51. The van der Waals surface area contributed by atoms with Gasteiger partial charge in [0.25, 0.3) is 0 Å². The summed E-state index contributed by atoms with van der Waals surface area (Å²) in [5.74, 6) is 1.94. The Morgan fingerprint density at radius 3 is 2.66 bits per heavy atom. The Labute approximate surface area is 192 Å². The largest absolute Gasteiger partial charge is 0.360 e. The normalized spacial score (nSPS) is 17.6. The first-order valence-corrected chi connectivity index (χ1v) is 10.9. The summed E-state index contributed by atoms with van der Waals surface area (Å²) in [5.41, 5.74) is 2.27. The zero-order chi connectivity index (χ0) is 19.6. The van der Waals surface area contributed by atoms with E-state index in [4.69, 9.17) is 4.99 Å². The van der Waals surface area contributed by atoms with E-state index in [0.717, 1.165) is 37.2 Å². The zero-order valence-electron chi connectivity index (χ0n) is 17.6. The van der Waals surface area contributed by atoms with E-state index >= 15 is 0 Å². The lowest BCUT2D eigenvalue weighted by Crippen LogP contribution is -2.47. The molecule has 1 aromatic carbocycles.